The van der Waals surface area contributed by atoms with E-state index in [2.05, 4.69) is 30.8 Å². The SMILES string of the molecule is Cn1cnnc1CNS(=O)(=O)c1cc(N)ccc1Br. The second-order valence-electron chi connectivity index (χ2n) is 3.87. The van der Waals surface area contributed by atoms with Crippen molar-refractivity contribution in [2.75, 3.05) is 5.73 Å². The van der Waals surface area contributed by atoms with Gasteiger partial charge in [-0.05, 0) is 34.1 Å². The Kier molecular flexibility index (Phi) is 3.88. The van der Waals surface area contributed by atoms with Gasteiger partial charge in [-0.3, -0.25) is 0 Å². The minimum Gasteiger partial charge on any atom is -0.399 e. The van der Waals surface area contributed by atoms with Gasteiger partial charge in [-0.1, -0.05) is 0 Å². The van der Waals surface area contributed by atoms with Gasteiger partial charge in [-0.2, -0.15) is 0 Å². The van der Waals surface area contributed by atoms with Crippen molar-refractivity contribution in [3.05, 3.63) is 34.8 Å². The number of nitrogens with two attached hydrogens (primary N) is 1. The standard InChI is InChI=1S/C10H12BrN5O2S/c1-16-6-13-15-10(16)5-14-19(17,18)9-4-7(12)2-3-8(9)11/h2-4,6,14H,5,12H2,1H3. The summed E-state index contributed by atoms with van der Waals surface area (Å²) in [5.41, 5.74) is 5.98. The maximum atomic E-state index is 12.2. The molecule has 0 fully saturated rings. The average Bonchev–Trinajstić information content (AvgIpc) is 2.75. The predicted molar refractivity (Wildman–Crippen MR) is 73.6 cm³/mol. The number of nitrogens with zero attached hydrogens (tertiary/aromatic N) is 3. The summed E-state index contributed by atoms with van der Waals surface area (Å²) in [6.07, 6.45) is 1.50. The number of anilines is 1. The quantitative estimate of drug-likeness (QED) is 0.791. The van der Waals surface area contributed by atoms with Crippen molar-refractivity contribution in [1.29, 1.82) is 0 Å². The lowest BCUT2D eigenvalue weighted by molar-refractivity contribution is 0.577. The lowest BCUT2D eigenvalue weighted by Gasteiger charge is -2.08. The number of nitrogens with one attached hydrogen (secondary N) is 1. The van der Waals surface area contributed by atoms with Crippen LogP contribution < -0.4 is 10.5 Å². The van der Waals surface area contributed by atoms with E-state index in [1.165, 1.54) is 12.4 Å². The lowest BCUT2D eigenvalue weighted by Crippen LogP contribution is -2.25. The molecule has 0 aliphatic carbocycles. The first-order chi connectivity index (χ1) is 8.90. The molecule has 0 bridgehead atoms. The lowest BCUT2D eigenvalue weighted by atomic mass is 10.3. The van der Waals surface area contributed by atoms with E-state index in [-0.39, 0.29) is 11.4 Å². The van der Waals surface area contributed by atoms with E-state index < -0.39 is 10.0 Å². The summed E-state index contributed by atoms with van der Waals surface area (Å²) in [6, 6.07) is 4.60. The number of benzene rings is 1. The van der Waals surface area contributed by atoms with Crippen molar-refractivity contribution in [3.8, 4) is 0 Å². The highest BCUT2D eigenvalue weighted by Crippen LogP contribution is 2.24. The van der Waals surface area contributed by atoms with Gasteiger partial charge in [-0.15, -0.1) is 10.2 Å². The van der Waals surface area contributed by atoms with E-state index in [0.717, 1.165) is 0 Å². The van der Waals surface area contributed by atoms with Crippen LogP contribution in [0.2, 0.25) is 0 Å². The molecule has 3 N–H and O–H groups in total. The van der Waals surface area contributed by atoms with E-state index in [1.54, 1.807) is 23.7 Å². The van der Waals surface area contributed by atoms with Crippen molar-refractivity contribution in [2.24, 2.45) is 7.05 Å². The third kappa shape index (κ3) is 3.11. The summed E-state index contributed by atoms with van der Waals surface area (Å²) in [6.45, 7) is 0.0556. The molecule has 102 valence electrons. The van der Waals surface area contributed by atoms with Gasteiger partial charge >= 0.3 is 0 Å². The minimum absolute atomic E-state index is 0.0556. The van der Waals surface area contributed by atoms with Gasteiger partial charge in [0.1, 0.15) is 12.2 Å². The number of hydrogen-bond donors (Lipinski definition) is 2. The summed E-state index contributed by atoms with van der Waals surface area (Å²) >= 11 is 3.19. The van der Waals surface area contributed by atoms with Gasteiger partial charge in [0.15, 0.2) is 0 Å². The van der Waals surface area contributed by atoms with Crippen LogP contribution >= 0.6 is 15.9 Å². The third-order valence-electron chi connectivity index (χ3n) is 2.47. The van der Waals surface area contributed by atoms with Crippen LogP contribution in [0.15, 0.2) is 33.9 Å². The fourth-order valence-corrected chi connectivity index (χ4v) is 3.41. The maximum Gasteiger partial charge on any atom is 0.242 e. The number of rotatable bonds is 4. The van der Waals surface area contributed by atoms with Crippen LogP contribution in [0.4, 0.5) is 5.69 Å². The molecule has 0 saturated heterocycles. The van der Waals surface area contributed by atoms with E-state index in [0.29, 0.717) is 16.0 Å². The van der Waals surface area contributed by atoms with Gasteiger partial charge in [0.05, 0.1) is 11.4 Å². The summed E-state index contributed by atoms with van der Waals surface area (Å²) in [7, 11) is -1.93. The first kappa shape index (κ1) is 14.0. The number of aromatic nitrogens is 3. The Bertz CT molecular complexity index is 698. The van der Waals surface area contributed by atoms with Crippen molar-refractivity contribution in [2.45, 2.75) is 11.4 Å². The molecule has 0 aliphatic heterocycles. The highest BCUT2D eigenvalue weighted by Gasteiger charge is 2.18. The number of nitrogen functional groups attached to an aromatic ring is 1. The van der Waals surface area contributed by atoms with Crippen LogP contribution in [0.3, 0.4) is 0 Å². The fraction of sp³-hybridized carbons (Fsp3) is 0.200. The molecule has 2 rings (SSSR count). The molecular formula is C10H12BrN5O2S. The topological polar surface area (TPSA) is 103 Å². The van der Waals surface area contributed by atoms with Crippen molar-refractivity contribution in [3.63, 3.8) is 0 Å². The molecule has 1 heterocycles. The summed E-state index contributed by atoms with van der Waals surface area (Å²) in [5, 5.41) is 7.48. The Labute approximate surface area is 119 Å². The first-order valence-electron chi connectivity index (χ1n) is 5.28. The Morgan fingerprint density at radius 3 is 2.84 bits per heavy atom. The van der Waals surface area contributed by atoms with Gasteiger partial charge < -0.3 is 10.3 Å². The molecule has 2 aromatic rings. The molecule has 9 heteroatoms. The van der Waals surface area contributed by atoms with Gasteiger partial charge in [-0.25, -0.2) is 13.1 Å². The zero-order chi connectivity index (χ0) is 14.0. The Hall–Kier alpha value is -1.45. The molecule has 0 aliphatic rings. The van der Waals surface area contributed by atoms with Crippen LogP contribution in [0, 0.1) is 0 Å². The normalized spacial score (nSPS) is 11.7. The molecule has 19 heavy (non-hydrogen) atoms. The Morgan fingerprint density at radius 1 is 1.47 bits per heavy atom. The summed E-state index contributed by atoms with van der Waals surface area (Å²) in [5.74, 6) is 0.517. The van der Waals surface area contributed by atoms with Gasteiger partial charge in [0.25, 0.3) is 0 Å². The molecular weight excluding hydrogens is 334 g/mol. The number of hydrogen-bond acceptors (Lipinski definition) is 5. The van der Waals surface area contributed by atoms with Crippen LogP contribution in [0.5, 0.6) is 0 Å². The Balaban J connectivity index is 2.23. The van der Waals surface area contributed by atoms with Crippen molar-refractivity contribution >= 4 is 31.6 Å². The van der Waals surface area contributed by atoms with Crippen molar-refractivity contribution in [1.82, 2.24) is 19.5 Å². The summed E-state index contributed by atoms with van der Waals surface area (Å²) < 4.78 is 28.9. The van der Waals surface area contributed by atoms with Crippen molar-refractivity contribution < 1.29 is 8.42 Å². The van der Waals surface area contributed by atoms with Crippen LogP contribution in [0.1, 0.15) is 5.82 Å². The van der Waals surface area contributed by atoms with Gasteiger partial charge in [0.2, 0.25) is 10.0 Å². The van der Waals surface area contributed by atoms with E-state index in [4.69, 9.17) is 5.73 Å². The largest absolute Gasteiger partial charge is 0.399 e. The number of sulfonamides is 1. The van der Waals surface area contributed by atoms with Crippen LogP contribution in [-0.2, 0) is 23.6 Å². The zero-order valence-corrected chi connectivity index (χ0v) is 12.4. The molecule has 0 atom stereocenters. The average molecular weight is 346 g/mol. The monoisotopic (exact) mass is 345 g/mol. The smallest absolute Gasteiger partial charge is 0.242 e. The highest BCUT2D eigenvalue weighted by atomic mass is 79.9. The molecule has 1 aromatic carbocycles. The first-order valence-corrected chi connectivity index (χ1v) is 7.55. The third-order valence-corrected chi connectivity index (χ3v) is 4.87. The molecule has 0 radical (unpaired) electrons. The second-order valence-corrected chi connectivity index (χ2v) is 6.46. The van der Waals surface area contributed by atoms with Crippen LogP contribution in [-0.4, -0.2) is 23.2 Å². The summed E-state index contributed by atoms with van der Waals surface area (Å²) in [4.78, 5) is 0.0923. The molecule has 1 aromatic heterocycles. The second kappa shape index (κ2) is 5.27. The fourth-order valence-electron chi connectivity index (χ4n) is 1.43. The molecule has 7 nitrogen and oxygen atoms in total. The van der Waals surface area contributed by atoms with E-state index >= 15 is 0 Å². The zero-order valence-electron chi connectivity index (χ0n) is 10.0. The number of halogens is 1. The predicted octanol–water partition coefficient (Wildman–Crippen LogP) is 0.638. The number of aryl methyl sites for hydroxylation is 1. The molecule has 0 spiro atoms. The van der Waals surface area contributed by atoms with Crippen LogP contribution in [0.25, 0.3) is 0 Å². The maximum absolute atomic E-state index is 12.2. The Morgan fingerprint density at radius 2 is 2.21 bits per heavy atom. The molecule has 0 saturated carbocycles. The minimum atomic E-state index is -3.66. The van der Waals surface area contributed by atoms with E-state index in [1.807, 2.05) is 0 Å². The highest BCUT2D eigenvalue weighted by molar-refractivity contribution is 9.10. The molecule has 0 unspecified atom stereocenters. The van der Waals surface area contributed by atoms with E-state index in [9.17, 15) is 8.42 Å². The molecule has 0 amide bonds. The van der Waals surface area contributed by atoms with Gasteiger partial charge in [0, 0.05) is 17.2 Å².